The largest absolute Gasteiger partial charge is 0.492 e. The molecule has 6 atom stereocenters. The molecule has 0 aromatic carbocycles. The first-order valence-corrected chi connectivity index (χ1v) is 10.0. The molecule has 27 heavy (non-hydrogen) atoms. The van der Waals surface area contributed by atoms with E-state index < -0.39 is 23.9 Å². The predicted molar refractivity (Wildman–Crippen MR) is 99.7 cm³/mol. The van der Waals surface area contributed by atoms with Gasteiger partial charge in [0.25, 0.3) is 0 Å². The summed E-state index contributed by atoms with van der Waals surface area (Å²) < 4.78 is 35.1. The van der Waals surface area contributed by atoms with E-state index in [4.69, 9.17) is 9.84 Å². The summed E-state index contributed by atoms with van der Waals surface area (Å²) in [5.74, 6) is -0.975. The van der Waals surface area contributed by atoms with E-state index in [2.05, 4.69) is 0 Å². The molecular formula is C21H32F2O4. The quantitative estimate of drug-likeness (QED) is 0.421. The summed E-state index contributed by atoms with van der Waals surface area (Å²) in [6.45, 7) is 3.38. The lowest BCUT2D eigenvalue weighted by molar-refractivity contribution is -0.137. The standard InChI is InChI=1S/C21H32F2O4/c1-3-4-13-21(2,23)17(24)12-10-14-9-11-15-19(14)20(22)16(27-15)7-5-6-8-18(25)26/h7,10,12,14-15,17,19-20,24H,3-6,8-9,11,13H2,1-2H3,(H,25,26)/b12-10+,16-7-/t14-,15-,17-,19-,20?,21?/m1/s1. The number of fused-ring (bicyclic) bond motifs is 1. The number of carboxylic acids is 1. The zero-order valence-corrected chi connectivity index (χ0v) is 16.2. The van der Waals surface area contributed by atoms with Gasteiger partial charge in [-0.2, -0.15) is 0 Å². The van der Waals surface area contributed by atoms with Crippen LogP contribution in [0, 0.1) is 11.8 Å². The van der Waals surface area contributed by atoms with Gasteiger partial charge in [0.05, 0.1) is 0 Å². The van der Waals surface area contributed by atoms with E-state index in [-0.39, 0.29) is 24.4 Å². The van der Waals surface area contributed by atoms with Crippen molar-refractivity contribution in [2.45, 2.75) is 89.3 Å². The van der Waals surface area contributed by atoms with Gasteiger partial charge in [-0.3, -0.25) is 4.79 Å². The van der Waals surface area contributed by atoms with Gasteiger partial charge in [-0.15, -0.1) is 0 Å². The first-order chi connectivity index (χ1) is 12.8. The second kappa shape index (κ2) is 9.67. The Labute approximate surface area is 160 Å². The summed E-state index contributed by atoms with van der Waals surface area (Å²) in [5, 5.41) is 18.8. The highest BCUT2D eigenvalue weighted by Crippen LogP contribution is 2.47. The molecule has 0 spiro atoms. The van der Waals surface area contributed by atoms with Crippen molar-refractivity contribution >= 4 is 5.97 Å². The molecular weight excluding hydrogens is 354 g/mol. The van der Waals surface area contributed by atoms with Crippen LogP contribution in [0.1, 0.15) is 65.2 Å². The second-order valence-corrected chi connectivity index (χ2v) is 7.98. The maximum atomic E-state index is 14.8. The molecule has 0 aromatic rings. The Balaban J connectivity index is 1.93. The number of aliphatic carboxylic acids is 1. The molecule has 0 aromatic heterocycles. The number of halogens is 2. The Kier molecular flexibility index (Phi) is 7.83. The van der Waals surface area contributed by atoms with Crippen LogP contribution in [0.4, 0.5) is 8.78 Å². The summed E-state index contributed by atoms with van der Waals surface area (Å²) in [7, 11) is 0. The minimum Gasteiger partial charge on any atom is -0.492 e. The highest BCUT2D eigenvalue weighted by molar-refractivity contribution is 5.66. The molecule has 2 N–H and O–H groups in total. The molecule has 1 aliphatic carbocycles. The van der Waals surface area contributed by atoms with Crippen molar-refractivity contribution < 1.29 is 28.5 Å². The van der Waals surface area contributed by atoms with Gasteiger partial charge in [-0.1, -0.05) is 31.9 Å². The summed E-state index contributed by atoms with van der Waals surface area (Å²) in [6, 6.07) is 0. The summed E-state index contributed by atoms with van der Waals surface area (Å²) >= 11 is 0. The Morgan fingerprint density at radius 2 is 2.15 bits per heavy atom. The van der Waals surface area contributed by atoms with Crippen molar-refractivity contribution in [1.29, 1.82) is 0 Å². The van der Waals surface area contributed by atoms with E-state index >= 15 is 0 Å². The molecule has 2 unspecified atom stereocenters. The molecule has 2 aliphatic rings. The average molecular weight is 386 g/mol. The molecule has 0 bridgehead atoms. The van der Waals surface area contributed by atoms with Crippen molar-refractivity contribution in [3.63, 3.8) is 0 Å². The SMILES string of the molecule is CCCCC(C)(F)[C@H](O)/C=C/[C@H]1CC[C@H]2O/C(=C\CCCC(=O)O)C(F)[C@H]12. The lowest BCUT2D eigenvalue weighted by Gasteiger charge is -2.24. The highest BCUT2D eigenvalue weighted by atomic mass is 19.1. The van der Waals surface area contributed by atoms with Gasteiger partial charge in [0.1, 0.15) is 23.6 Å². The van der Waals surface area contributed by atoms with Crippen molar-refractivity contribution in [3.8, 4) is 0 Å². The van der Waals surface area contributed by atoms with Crippen LogP contribution in [0.25, 0.3) is 0 Å². The topological polar surface area (TPSA) is 66.8 Å². The van der Waals surface area contributed by atoms with Crippen molar-refractivity contribution in [3.05, 3.63) is 24.0 Å². The summed E-state index contributed by atoms with van der Waals surface area (Å²) in [4.78, 5) is 10.5. The lowest BCUT2D eigenvalue weighted by atomic mass is 9.88. The van der Waals surface area contributed by atoms with Crippen molar-refractivity contribution in [2.24, 2.45) is 11.8 Å². The maximum Gasteiger partial charge on any atom is 0.303 e. The summed E-state index contributed by atoms with van der Waals surface area (Å²) in [5.41, 5.74) is -1.68. The number of hydrogen-bond donors (Lipinski definition) is 2. The first kappa shape index (κ1) is 21.9. The summed E-state index contributed by atoms with van der Waals surface area (Å²) in [6.07, 6.45) is 6.58. The Morgan fingerprint density at radius 3 is 2.81 bits per heavy atom. The van der Waals surface area contributed by atoms with E-state index in [0.717, 1.165) is 19.3 Å². The number of hydrogen-bond acceptors (Lipinski definition) is 3. The first-order valence-electron chi connectivity index (χ1n) is 10.0. The molecule has 0 radical (unpaired) electrons. The van der Waals surface area contributed by atoms with E-state index in [9.17, 15) is 18.7 Å². The Bertz CT molecular complexity index is 558. The minimum atomic E-state index is -1.68. The second-order valence-electron chi connectivity index (χ2n) is 7.98. The fourth-order valence-electron chi connectivity index (χ4n) is 3.99. The van der Waals surface area contributed by atoms with E-state index in [1.54, 1.807) is 12.2 Å². The number of allylic oxidation sites excluding steroid dienone is 3. The van der Waals surface area contributed by atoms with E-state index in [0.29, 0.717) is 31.4 Å². The van der Waals surface area contributed by atoms with Gasteiger partial charge in [-0.25, -0.2) is 8.78 Å². The molecule has 1 heterocycles. The molecule has 1 saturated heterocycles. The van der Waals surface area contributed by atoms with E-state index in [1.165, 1.54) is 13.0 Å². The van der Waals surface area contributed by atoms with Gasteiger partial charge in [0.2, 0.25) is 0 Å². The van der Waals surface area contributed by atoms with Crippen molar-refractivity contribution in [1.82, 2.24) is 0 Å². The lowest BCUT2D eigenvalue weighted by Crippen LogP contribution is -2.33. The third-order valence-electron chi connectivity index (χ3n) is 5.72. The third-order valence-corrected chi connectivity index (χ3v) is 5.72. The van der Waals surface area contributed by atoms with Crippen LogP contribution in [-0.2, 0) is 9.53 Å². The number of aliphatic hydroxyl groups excluding tert-OH is 1. The van der Waals surface area contributed by atoms with Crippen LogP contribution in [-0.4, -0.2) is 40.2 Å². The molecule has 1 saturated carbocycles. The van der Waals surface area contributed by atoms with Gasteiger partial charge in [-0.05, 0) is 51.0 Å². The highest BCUT2D eigenvalue weighted by Gasteiger charge is 2.49. The normalized spacial score (nSPS) is 32.4. The smallest absolute Gasteiger partial charge is 0.303 e. The van der Waals surface area contributed by atoms with Gasteiger partial charge in [0.15, 0.2) is 6.17 Å². The zero-order chi connectivity index (χ0) is 20.0. The number of carbonyl (C=O) groups is 1. The zero-order valence-electron chi connectivity index (χ0n) is 16.2. The molecule has 1 aliphatic heterocycles. The average Bonchev–Trinajstić information content (AvgIpc) is 3.15. The van der Waals surface area contributed by atoms with Gasteiger partial charge < -0.3 is 14.9 Å². The van der Waals surface area contributed by atoms with Crippen LogP contribution < -0.4 is 0 Å². The van der Waals surface area contributed by atoms with Crippen LogP contribution in [0.3, 0.4) is 0 Å². The van der Waals surface area contributed by atoms with Gasteiger partial charge in [0, 0.05) is 12.3 Å². The minimum absolute atomic E-state index is 0.0525. The number of ether oxygens (including phenoxy) is 1. The maximum absolute atomic E-state index is 14.8. The van der Waals surface area contributed by atoms with Crippen molar-refractivity contribution in [2.75, 3.05) is 0 Å². The fraction of sp³-hybridized carbons (Fsp3) is 0.762. The fourth-order valence-corrected chi connectivity index (χ4v) is 3.99. The Hall–Kier alpha value is -1.43. The van der Waals surface area contributed by atoms with Crippen LogP contribution in [0.2, 0.25) is 0 Å². The Morgan fingerprint density at radius 1 is 1.41 bits per heavy atom. The number of unbranched alkanes of at least 4 members (excludes halogenated alkanes) is 2. The number of alkyl halides is 2. The molecule has 2 rings (SSSR count). The number of carboxylic acid groups (broad SMARTS) is 1. The molecule has 0 amide bonds. The predicted octanol–water partition coefficient (Wildman–Crippen LogP) is 4.72. The monoisotopic (exact) mass is 386 g/mol. The molecule has 6 heteroatoms. The van der Waals surface area contributed by atoms with Crippen LogP contribution >= 0.6 is 0 Å². The van der Waals surface area contributed by atoms with Crippen LogP contribution in [0.5, 0.6) is 0 Å². The van der Waals surface area contributed by atoms with Gasteiger partial charge >= 0.3 is 5.97 Å². The molecule has 4 nitrogen and oxygen atoms in total. The molecule has 154 valence electrons. The molecule has 2 fully saturated rings. The number of rotatable bonds is 10. The number of aliphatic hydroxyl groups is 1. The third kappa shape index (κ3) is 5.77. The van der Waals surface area contributed by atoms with Crippen LogP contribution in [0.15, 0.2) is 24.0 Å². The van der Waals surface area contributed by atoms with E-state index in [1.807, 2.05) is 6.92 Å².